The van der Waals surface area contributed by atoms with E-state index >= 15 is 0 Å². The van der Waals surface area contributed by atoms with Gasteiger partial charge in [-0.2, -0.15) is 0 Å². The van der Waals surface area contributed by atoms with Gasteiger partial charge in [0, 0.05) is 12.1 Å². The van der Waals surface area contributed by atoms with Crippen molar-refractivity contribution in [3.63, 3.8) is 0 Å². The van der Waals surface area contributed by atoms with Crippen LogP contribution >= 0.6 is 0 Å². The summed E-state index contributed by atoms with van der Waals surface area (Å²) in [4.78, 5) is 10.6. The lowest BCUT2D eigenvalue weighted by Gasteiger charge is -2.21. The summed E-state index contributed by atoms with van der Waals surface area (Å²) in [6.07, 6.45) is 3.06. The van der Waals surface area contributed by atoms with Crippen LogP contribution in [0.1, 0.15) is 48.4 Å². The van der Waals surface area contributed by atoms with E-state index in [-0.39, 0.29) is 10.7 Å². The second kappa shape index (κ2) is 6.17. The maximum absolute atomic E-state index is 12.3. The molecular weight excluding hydrogens is 298 g/mol. The molecule has 0 bridgehead atoms. The minimum atomic E-state index is -3.92. The van der Waals surface area contributed by atoms with Gasteiger partial charge in [-0.3, -0.25) is 0 Å². The Balaban J connectivity index is 2.23. The minimum Gasteiger partial charge on any atom is -0.475 e. The van der Waals surface area contributed by atoms with E-state index in [0.717, 1.165) is 25.3 Å². The third-order valence-corrected chi connectivity index (χ3v) is 5.26. The van der Waals surface area contributed by atoms with Crippen molar-refractivity contribution >= 4 is 16.0 Å². The molecule has 1 aromatic heterocycles. The molecule has 0 amide bonds. The molecule has 21 heavy (non-hydrogen) atoms. The summed E-state index contributed by atoms with van der Waals surface area (Å²) in [5.41, 5.74) is 0. The molecule has 2 unspecified atom stereocenters. The molecule has 0 aliphatic heterocycles. The highest BCUT2D eigenvalue weighted by Gasteiger charge is 2.30. The quantitative estimate of drug-likeness (QED) is 0.720. The second-order valence-electron chi connectivity index (χ2n) is 5.27. The van der Waals surface area contributed by atoms with Crippen LogP contribution in [-0.4, -0.2) is 36.7 Å². The topological polar surface area (TPSA) is 117 Å². The van der Waals surface area contributed by atoms with E-state index in [1.54, 1.807) is 0 Å². The largest absolute Gasteiger partial charge is 0.475 e. The number of carbonyl (C=O) groups is 1. The summed E-state index contributed by atoms with van der Waals surface area (Å²) in [5.74, 6) is -1.73. The molecule has 1 fully saturated rings. The van der Waals surface area contributed by atoms with Crippen LogP contribution in [0, 0.1) is 6.92 Å². The molecule has 0 radical (unpaired) electrons. The molecule has 0 aromatic carbocycles. The van der Waals surface area contributed by atoms with Crippen molar-refractivity contribution in [3.05, 3.63) is 17.6 Å². The van der Waals surface area contributed by atoms with Gasteiger partial charge in [0.15, 0.2) is 0 Å². The molecule has 118 valence electrons. The number of aromatic carboxylic acids is 1. The highest BCUT2D eigenvalue weighted by molar-refractivity contribution is 7.89. The Morgan fingerprint density at radius 1 is 1.33 bits per heavy atom. The van der Waals surface area contributed by atoms with E-state index in [1.165, 1.54) is 6.92 Å². The number of rotatable bonds is 4. The number of sulfonamides is 1. The molecule has 2 rings (SSSR count). The van der Waals surface area contributed by atoms with E-state index in [4.69, 9.17) is 9.52 Å². The predicted octanol–water partition coefficient (Wildman–Crippen LogP) is 1.26. The Bertz CT molecular complexity index is 621. The zero-order chi connectivity index (χ0) is 15.6. The Labute approximate surface area is 123 Å². The fraction of sp³-hybridized carbons (Fsp3) is 0.615. The molecule has 0 saturated heterocycles. The first-order chi connectivity index (χ1) is 9.81. The van der Waals surface area contributed by atoms with Gasteiger partial charge in [-0.25, -0.2) is 17.9 Å². The van der Waals surface area contributed by atoms with E-state index in [2.05, 4.69) is 4.72 Å². The highest BCUT2D eigenvalue weighted by Crippen LogP contribution is 2.23. The summed E-state index contributed by atoms with van der Waals surface area (Å²) >= 11 is 0. The first-order valence-electron chi connectivity index (χ1n) is 6.85. The number of furan rings is 1. The molecule has 2 atom stereocenters. The lowest BCUT2D eigenvalue weighted by molar-refractivity contribution is 0.0661. The zero-order valence-electron chi connectivity index (χ0n) is 11.7. The molecule has 1 aromatic rings. The number of carboxylic acid groups (broad SMARTS) is 1. The molecule has 0 spiro atoms. The lowest BCUT2D eigenvalue weighted by Crippen LogP contribution is -2.42. The highest BCUT2D eigenvalue weighted by atomic mass is 32.2. The maximum Gasteiger partial charge on any atom is 0.371 e. The fourth-order valence-electron chi connectivity index (χ4n) is 2.53. The first-order valence-corrected chi connectivity index (χ1v) is 8.33. The normalized spacial score (nSPS) is 23.7. The van der Waals surface area contributed by atoms with Crippen LogP contribution in [-0.2, 0) is 10.0 Å². The Morgan fingerprint density at radius 3 is 2.62 bits per heavy atom. The third kappa shape index (κ3) is 3.63. The van der Waals surface area contributed by atoms with Gasteiger partial charge in [0.2, 0.25) is 15.8 Å². The number of aliphatic hydroxyl groups excluding tert-OH is 1. The molecular formula is C13H19NO6S. The van der Waals surface area contributed by atoms with Crippen LogP contribution in [0.15, 0.2) is 15.4 Å². The zero-order valence-corrected chi connectivity index (χ0v) is 12.5. The van der Waals surface area contributed by atoms with Crippen molar-refractivity contribution in [3.8, 4) is 0 Å². The SMILES string of the molecule is Cc1oc(C(=O)O)cc1S(=O)(=O)NC1CCCCCC1O. The standard InChI is InChI=1S/C13H19NO6S/c1-8-12(7-11(20-8)13(16)17)21(18,19)14-9-5-3-2-4-6-10(9)15/h7,9-10,14-15H,2-6H2,1H3,(H,16,17). The van der Waals surface area contributed by atoms with Gasteiger partial charge in [0.05, 0.1) is 6.10 Å². The Kier molecular flexibility index (Phi) is 4.70. The van der Waals surface area contributed by atoms with Crippen LogP contribution in [0.4, 0.5) is 0 Å². The summed E-state index contributed by atoms with van der Waals surface area (Å²) in [6, 6.07) is 0.434. The van der Waals surface area contributed by atoms with Crippen molar-refractivity contribution in [1.82, 2.24) is 4.72 Å². The smallest absolute Gasteiger partial charge is 0.371 e. The summed E-state index contributed by atoms with van der Waals surface area (Å²) < 4.78 is 32.1. The number of hydrogen-bond acceptors (Lipinski definition) is 5. The van der Waals surface area contributed by atoms with Crippen molar-refractivity contribution < 1.29 is 27.8 Å². The Morgan fingerprint density at radius 2 is 2.00 bits per heavy atom. The second-order valence-corrected chi connectivity index (χ2v) is 6.95. The van der Waals surface area contributed by atoms with Crippen molar-refractivity contribution in [1.29, 1.82) is 0 Å². The molecule has 3 N–H and O–H groups in total. The maximum atomic E-state index is 12.3. The van der Waals surface area contributed by atoms with E-state index in [9.17, 15) is 18.3 Å². The van der Waals surface area contributed by atoms with Gasteiger partial charge in [-0.05, 0) is 19.8 Å². The van der Waals surface area contributed by atoms with Crippen LogP contribution in [0.5, 0.6) is 0 Å². The molecule has 7 nitrogen and oxygen atoms in total. The monoisotopic (exact) mass is 317 g/mol. The van der Waals surface area contributed by atoms with E-state index in [1.807, 2.05) is 0 Å². The number of aryl methyl sites for hydroxylation is 1. The minimum absolute atomic E-state index is 0.0167. The van der Waals surface area contributed by atoms with Crippen LogP contribution < -0.4 is 4.72 Å². The number of carboxylic acids is 1. The molecule has 1 saturated carbocycles. The summed E-state index contributed by atoms with van der Waals surface area (Å²) in [6.45, 7) is 1.39. The van der Waals surface area contributed by atoms with Crippen LogP contribution in [0.25, 0.3) is 0 Å². The van der Waals surface area contributed by atoms with E-state index in [0.29, 0.717) is 12.8 Å². The van der Waals surface area contributed by atoms with Gasteiger partial charge in [-0.1, -0.05) is 19.3 Å². The van der Waals surface area contributed by atoms with E-state index < -0.39 is 33.9 Å². The number of aliphatic hydroxyl groups is 1. The number of nitrogens with one attached hydrogen (secondary N) is 1. The lowest BCUT2D eigenvalue weighted by atomic mass is 10.1. The van der Waals surface area contributed by atoms with Gasteiger partial charge in [0.25, 0.3) is 0 Å². The van der Waals surface area contributed by atoms with Crippen molar-refractivity contribution in [2.45, 2.75) is 56.1 Å². The average molecular weight is 317 g/mol. The molecule has 8 heteroatoms. The molecule has 1 heterocycles. The van der Waals surface area contributed by atoms with Crippen molar-refractivity contribution in [2.75, 3.05) is 0 Å². The summed E-state index contributed by atoms with van der Waals surface area (Å²) in [7, 11) is -3.92. The third-order valence-electron chi connectivity index (χ3n) is 3.66. The van der Waals surface area contributed by atoms with Crippen LogP contribution in [0.3, 0.4) is 0 Å². The molecule has 1 aliphatic rings. The van der Waals surface area contributed by atoms with Gasteiger partial charge < -0.3 is 14.6 Å². The Hall–Kier alpha value is -1.38. The van der Waals surface area contributed by atoms with Crippen LogP contribution in [0.2, 0.25) is 0 Å². The first kappa shape index (κ1) is 16.0. The predicted molar refractivity (Wildman–Crippen MR) is 73.6 cm³/mol. The number of hydrogen-bond donors (Lipinski definition) is 3. The molecule has 1 aliphatic carbocycles. The van der Waals surface area contributed by atoms with Gasteiger partial charge >= 0.3 is 5.97 Å². The fourth-order valence-corrected chi connectivity index (χ4v) is 4.01. The summed E-state index contributed by atoms with van der Waals surface area (Å²) in [5, 5.41) is 18.8. The average Bonchev–Trinajstić information content (AvgIpc) is 2.69. The van der Waals surface area contributed by atoms with Gasteiger partial charge in [0.1, 0.15) is 10.7 Å². The van der Waals surface area contributed by atoms with Crippen molar-refractivity contribution in [2.24, 2.45) is 0 Å². The van der Waals surface area contributed by atoms with Gasteiger partial charge in [-0.15, -0.1) is 0 Å².